The van der Waals surface area contributed by atoms with Crippen molar-refractivity contribution >= 4 is 6.08 Å². The highest BCUT2D eigenvalue weighted by atomic mass is 19.1. The molecular weight excluding hydrogens is 372 g/mol. The molecule has 2 N–H and O–H groups in total. The summed E-state index contributed by atoms with van der Waals surface area (Å²) in [4.78, 5) is 2.07. The first kappa shape index (κ1) is 18.9. The van der Waals surface area contributed by atoms with Crippen LogP contribution in [0.2, 0.25) is 0 Å². The van der Waals surface area contributed by atoms with Gasteiger partial charge in [0.25, 0.3) is 0 Å². The molecule has 0 aromatic heterocycles. The average molecular weight is 391 g/mol. The SMILES string of the molecule is CN1CC2=C(OC(N)=C(C#N)[C@@H]2c2cccc(F)c2)/C(=C\c2cccc(F)c2)C1. The molecule has 0 aliphatic carbocycles. The molecule has 4 rings (SSSR count). The second-order valence-electron chi connectivity index (χ2n) is 7.23. The molecule has 0 amide bonds. The van der Waals surface area contributed by atoms with Gasteiger partial charge in [0.2, 0.25) is 5.88 Å². The molecule has 2 aliphatic rings. The van der Waals surface area contributed by atoms with E-state index in [0.717, 1.165) is 11.1 Å². The van der Waals surface area contributed by atoms with Crippen molar-refractivity contribution in [1.82, 2.24) is 4.90 Å². The van der Waals surface area contributed by atoms with E-state index >= 15 is 0 Å². The monoisotopic (exact) mass is 391 g/mol. The van der Waals surface area contributed by atoms with Gasteiger partial charge in [-0.05, 0) is 54.1 Å². The Balaban J connectivity index is 1.88. The van der Waals surface area contributed by atoms with Crippen molar-refractivity contribution in [3.63, 3.8) is 0 Å². The van der Waals surface area contributed by atoms with Gasteiger partial charge in [0.1, 0.15) is 29.0 Å². The van der Waals surface area contributed by atoms with Gasteiger partial charge in [-0.25, -0.2) is 8.78 Å². The maximum atomic E-state index is 13.9. The Labute approximate surface area is 167 Å². The molecular formula is C23H19F2N3O. The van der Waals surface area contributed by atoms with Gasteiger partial charge in [-0.3, -0.25) is 4.90 Å². The Morgan fingerprint density at radius 2 is 1.86 bits per heavy atom. The van der Waals surface area contributed by atoms with E-state index in [1.54, 1.807) is 24.3 Å². The minimum Gasteiger partial charge on any atom is -0.440 e. The van der Waals surface area contributed by atoms with Crippen LogP contribution in [-0.4, -0.2) is 25.0 Å². The third kappa shape index (κ3) is 3.65. The van der Waals surface area contributed by atoms with Gasteiger partial charge in [-0.2, -0.15) is 5.26 Å². The van der Waals surface area contributed by atoms with E-state index in [1.807, 2.05) is 13.1 Å². The largest absolute Gasteiger partial charge is 0.440 e. The number of allylic oxidation sites excluding steroid dienone is 1. The highest BCUT2D eigenvalue weighted by Gasteiger charge is 2.37. The second-order valence-corrected chi connectivity index (χ2v) is 7.23. The topological polar surface area (TPSA) is 62.3 Å². The lowest BCUT2D eigenvalue weighted by Crippen LogP contribution is -2.36. The zero-order valence-electron chi connectivity index (χ0n) is 15.8. The first-order valence-electron chi connectivity index (χ1n) is 9.17. The van der Waals surface area contributed by atoms with Crippen LogP contribution in [0.1, 0.15) is 17.0 Å². The van der Waals surface area contributed by atoms with Crippen molar-refractivity contribution in [2.24, 2.45) is 5.73 Å². The Kier molecular flexibility index (Phi) is 4.91. The van der Waals surface area contributed by atoms with Crippen molar-refractivity contribution < 1.29 is 13.5 Å². The zero-order chi connectivity index (χ0) is 20.5. The minimum absolute atomic E-state index is 0.00945. The second kappa shape index (κ2) is 7.53. The van der Waals surface area contributed by atoms with E-state index < -0.39 is 5.92 Å². The highest BCUT2D eigenvalue weighted by Crippen LogP contribution is 2.43. The maximum absolute atomic E-state index is 13.9. The number of likely N-dealkylation sites (N-methyl/N-ethyl adjacent to an activating group) is 1. The van der Waals surface area contributed by atoms with Crippen molar-refractivity contribution in [2.45, 2.75) is 5.92 Å². The predicted octanol–water partition coefficient (Wildman–Crippen LogP) is 4.06. The summed E-state index contributed by atoms with van der Waals surface area (Å²) in [5.74, 6) is -0.635. The van der Waals surface area contributed by atoms with E-state index in [-0.39, 0.29) is 23.1 Å². The Hall–Kier alpha value is -3.43. The third-order valence-electron chi connectivity index (χ3n) is 5.07. The third-order valence-corrected chi connectivity index (χ3v) is 5.07. The van der Waals surface area contributed by atoms with Crippen LogP contribution >= 0.6 is 0 Å². The number of rotatable bonds is 2. The smallest absolute Gasteiger partial charge is 0.205 e. The summed E-state index contributed by atoms with van der Waals surface area (Å²) < 4.78 is 33.4. The average Bonchev–Trinajstić information content (AvgIpc) is 2.67. The standard InChI is InChI=1S/C23H19F2N3O/c1-28-12-16(8-14-4-2-6-17(24)9-14)22-20(13-28)21(19(11-26)23(27)29-22)15-5-3-7-18(25)10-15/h2-10,21H,12-13,27H2,1H3/b16-8-/t21-/m0/s1. The Morgan fingerprint density at radius 1 is 1.14 bits per heavy atom. The number of ether oxygens (including phenoxy) is 1. The molecule has 146 valence electrons. The molecule has 2 heterocycles. The van der Waals surface area contributed by atoms with E-state index in [4.69, 9.17) is 10.5 Å². The fourth-order valence-corrected chi connectivity index (χ4v) is 3.90. The van der Waals surface area contributed by atoms with E-state index in [2.05, 4.69) is 11.0 Å². The number of hydrogen-bond acceptors (Lipinski definition) is 4. The lowest BCUT2D eigenvalue weighted by Gasteiger charge is -2.36. The Morgan fingerprint density at radius 3 is 2.55 bits per heavy atom. The molecule has 0 spiro atoms. The normalized spacial score (nSPS) is 21.0. The van der Waals surface area contributed by atoms with Crippen LogP contribution in [0.15, 0.2) is 76.9 Å². The fraction of sp³-hybridized carbons (Fsp3) is 0.174. The summed E-state index contributed by atoms with van der Waals surface area (Å²) in [6.45, 7) is 1.11. The quantitative estimate of drug-likeness (QED) is 0.839. The highest BCUT2D eigenvalue weighted by molar-refractivity contribution is 5.63. The molecule has 0 bridgehead atoms. The first-order chi connectivity index (χ1) is 14.0. The number of benzene rings is 2. The first-order valence-corrected chi connectivity index (χ1v) is 9.17. The molecule has 0 saturated heterocycles. The summed E-state index contributed by atoms with van der Waals surface area (Å²) >= 11 is 0. The summed E-state index contributed by atoms with van der Waals surface area (Å²) in [6.07, 6.45) is 1.85. The van der Waals surface area contributed by atoms with Crippen LogP contribution in [0.5, 0.6) is 0 Å². The van der Waals surface area contributed by atoms with Gasteiger partial charge in [-0.15, -0.1) is 0 Å². The number of nitrogens with two attached hydrogens (primary N) is 1. The van der Waals surface area contributed by atoms with Gasteiger partial charge in [0.15, 0.2) is 0 Å². The summed E-state index contributed by atoms with van der Waals surface area (Å²) in [5, 5.41) is 9.70. The van der Waals surface area contributed by atoms with Crippen molar-refractivity contribution in [1.29, 1.82) is 5.26 Å². The van der Waals surface area contributed by atoms with Crippen LogP contribution in [0.25, 0.3) is 6.08 Å². The van der Waals surface area contributed by atoms with Crippen LogP contribution < -0.4 is 5.73 Å². The lowest BCUT2D eigenvalue weighted by atomic mass is 9.80. The number of nitriles is 1. The van der Waals surface area contributed by atoms with E-state index in [9.17, 15) is 14.0 Å². The molecule has 2 aliphatic heterocycles. The number of halogens is 2. The van der Waals surface area contributed by atoms with Gasteiger partial charge in [-0.1, -0.05) is 24.3 Å². The molecule has 0 radical (unpaired) electrons. The van der Waals surface area contributed by atoms with Crippen molar-refractivity contribution in [3.8, 4) is 6.07 Å². The number of hydrogen-bond donors (Lipinski definition) is 1. The van der Waals surface area contributed by atoms with Gasteiger partial charge >= 0.3 is 0 Å². The molecule has 0 fully saturated rings. The summed E-state index contributed by atoms with van der Waals surface area (Å²) in [5.41, 5.74) is 9.33. The predicted molar refractivity (Wildman–Crippen MR) is 106 cm³/mol. The van der Waals surface area contributed by atoms with Crippen LogP contribution in [-0.2, 0) is 4.74 Å². The van der Waals surface area contributed by atoms with Crippen LogP contribution in [0.4, 0.5) is 8.78 Å². The molecule has 6 heteroatoms. The van der Waals surface area contributed by atoms with Crippen LogP contribution in [0, 0.1) is 23.0 Å². The lowest BCUT2D eigenvalue weighted by molar-refractivity contribution is 0.251. The van der Waals surface area contributed by atoms with Crippen molar-refractivity contribution in [3.05, 3.63) is 99.7 Å². The van der Waals surface area contributed by atoms with Gasteiger partial charge in [0.05, 0.1) is 5.92 Å². The molecule has 2 aromatic carbocycles. The maximum Gasteiger partial charge on any atom is 0.205 e. The zero-order valence-corrected chi connectivity index (χ0v) is 15.8. The fourth-order valence-electron chi connectivity index (χ4n) is 3.90. The molecule has 29 heavy (non-hydrogen) atoms. The molecule has 1 atom stereocenters. The molecule has 2 aromatic rings. The van der Waals surface area contributed by atoms with Gasteiger partial charge in [0, 0.05) is 18.7 Å². The van der Waals surface area contributed by atoms with Crippen LogP contribution in [0.3, 0.4) is 0 Å². The molecule has 4 nitrogen and oxygen atoms in total. The van der Waals surface area contributed by atoms with Gasteiger partial charge < -0.3 is 10.5 Å². The summed E-state index contributed by atoms with van der Waals surface area (Å²) in [7, 11) is 1.94. The van der Waals surface area contributed by atoms with E-state index in [0.29, 0.717) is 30.0 Å². The molecule has 0 saturated carbocycles. The van der Waals surface area contributed by atoms with E-state index in [1.165, 1.54) is 24.3 Å². The minimum atomic E-state index is -0.502. The number of nitrogens with zero attached hydrogens (tertiary/aromatic N) is 2. The van der Waals surface area contributed by atoms with Crippen molar-refractivity contribution in [2.75, 3.05) is 20.1 Å². The Bertz CT molecular complexity index is 1110. The molecule has 0 unspecified atom stereocenters. The summed E-state index contributed by atoms with van der Waals surface area (Å²) in [6, 6.07) is 14.6.